The Morgan fingerprint density at radius 3 is 2.55 bits per heavy atom. The van der Waals surface area contributed by atoms with E-state index in [0.29, 0.717) is 5.92 Å². The fourth-order valence-electron chi connectivity index (χ4n) is 1.11. The highest BCUT2D eigenvalue weighted by Gasteiger charge is 2.03. The van der Waals surface area contributed by atoms with Crippen LogP contribution in [0.5, 0.6) is 0 Å². The molecule has 60 valence electrons. The van der Waals surface area contributed by atoms with Crippen LogP contribution >= 0.6 is 11.6 Å². The molecule has 1 rings (SSSR count). The van der Waals surface area contributed by atoms with Gasteiger partial charge in [-0.1, -0.05) is 25.4 Å². The highest BCUT2D eigenvalue weighted by atomic mass is 35.5. The first-order valence-corrected chi connectivity index (χ1v) is 4.11. The van der Waals surface area contributed by atoms with Crippen LogP contribution in [0.3, 0.4) is 0 Å². The van der Waals surface area contributed by atoms with E-state index in [1.165, 1.54) is 5.56 Å². The summed E-state index contributed by atoms with van der Waals surface area (Å²) in [5.41, 5.74) is 2.31. The van der Waals surface area contributed by atoms with Crippen LogP contribution in [0.2, 0.25) is 5.02 Å². The van der Waals surface area contributed by atoms with Crippen LogP contribution in [0.1, 0.15) is 31.0 Å². The zero-order valence-electron chi connectivity index (χ0n) is 7.06. The second-order valence-corrected chi connectivity index (χ2v) is 3.42. The van der Waals surface area contributed by atoms with Gasteiger partial charge in [0.1, 0.15) is 0 Å². The summed E-state index contributed by atoms with van der Waals surface area (Å²) in [6, 6.07) is 1.98. The Balaban J connectivity index is 3.13. The molecule has 0 unspecified atom stereocenters. The van der Waals surface area contributed by atoms with Crippen molar-refractivity contribution in [3.63, 3.8) is 0 Å². The lowest BCUT2D eigenvalue weighted by atomic mass is 10.0. The maximum absolute atomic E-state index is 5.80. The quantitative estimate of drug-likeness (QED) is 0.630. The highest BCUT2D eigenvalue weighted by molar-refractivity contribution is 6.30. The summed E-state index contributed by atoms with van der Waals surface area (Å²) >= 11 is 5.80. The predicted molar refractivity (Wildman–Crippen MR) is 48.1 cm³/mol. The van der Waals surface area contributed by atoms with Gasteiger partial charge in [-0.3, -0.25) is 4.98 Å². The van der Waals surface area contributed by atoms with Gasteiger partial charge in [-0.05, 0) is 24.5 Å². The zero-order chi connectivity index (χ0) is 8.43. The molecule has 11 heavy (non-hydrogen) atoms. The molecular formula is C9H12ClN. The molecule has 2 heteroatoms. The summed E-state index contributed by atoms with van der Waals surface area (Å²) in [5, 5.41) is 0.722. The standard InChI is InChI=1S/C9H12ClN/c1-6(2)9-4-8(10)5-11-7(9)3/h4-6H,1-3H3. The molecule has 1 aromatic rings. The zero-order valence-corrected chi connectivity index (χ0v) is 7.81. The average Bonchev–Trinajstić information content (AvgIpc) is 1.94. The SMILES string of the molecule is Cc1ncc(Cl)cc1C(C)C. The van der Waals surface area contributed by atoms with E-state index in [4.69, 9.17) is 11.6 Å². The Morgan fingerprint density at radius 2 is 2.09 bits per heavy atom. The average molecular weight is 170 g/mol. The minimum Gasteiger partial charge on any atom is -0.260 e. The Labute approximate surface area is 72.4 Å². The molecular weight excluding hydrogens is 158 g/mol. The highest BCUT2D eigenvalue weighted by Crippen LogP contribution is 2.20. The maximum Gasteiger partial charge on any atom is 0.0592 e. The largest absolute Gasteiger partial charge is 0.260 e. The van der Waals surface area contributed by atoms with Gasteiger partial charge < -0.3 is 0 Å². The van der Waals surface area contributed by atoms with Crippen LogP contribution in [0.25, 0.3) is 0 Å². The lowest BCUT2D eigenvalue weighted by molar-refractivity contribution is 0.843. The molecule has 1 aromatic heterocycles. The van der Waals surface area contributed by atoms with Crippen LogP contribution < -0.4 is 0 Å². The van der Waals surface area contributed by atoms with Crippen molar-refractivity contribution < 1.29 is 0 Å². The predicted octanol–water partition coefficient (Wildman–Crippen LogP) is 3.17. The van der Waals surface area contributed by atoms with Crippen molar-refractivity contribution in [2.24, 2.45) is 0 Å². The van der Waals surface area contributed by atoms with Crippen molar-refractivity contribution in [1.29, 1.82) is 0 Å². The van der Waals surface area contributed by atoms with Gasteiger partial charge in [-0.25, -0.2) is 0 Å². The lowest BCUT2D eigenvalue weighted by Gasteiger charge is -2.07. The summed E-state index contributed by atoms with van der Waals surface area (Å²) in [5.74, 6) is 0.501. The molecule has 0 spiro atoms. The summed E-state index contributed by atoms with van der Waals surface area (Å²) in [4.78, 5) is 4.17. The van der Waals surface area contributed by atoms with Gasteiger partial charge >= 0.3 is 0 Å². The molecule has 0 aromatic carbocycles. The Bertz CT molecular complexity index is 256. The van der Waals surface area contributed by atoms with Crippen LogP contribution in [-0.4, -0.2) is 4.98 Å². The van der Waals surface area contributed by atoms with Crippen molar-refractivity contribution in [2.75, 3.05) is 0 Å². The molecule has 0 saturated carbocycles. The minimum atomic E-state index is 0.501. The first-order valence-electron chi connectivity index (χ1n) is 3.73. The fraction of sp³-hybridized carbons (Fsp3) is 0.444. The molecule has 0 radical (unpaired) electrons. The van der Waals surface area contributed by atoms with Crippen LogP contribution in [0, 0.1) is 6.92 Å². The van der Waals surface area contributed by atoms with E-state index in [2.05, 4.69) is 18.8 Å². The van der Waals surface area contributed by atoms with Crippen LogP contribution in [-0.2, 0) is 0 Å². The number of hydrogen-bond donors (Lipinski definition) is 0. The number of aromatic nitrogens is 1. The molecule has 1 heterocycles. The lowest BCUT2D eigenvalue weighted by Crippen LogP contribution is -1.94. The van der Waals surface area contributed by atoms with Crippen molar-refractivity contribution in [3.8, 4) is 0 Å². The molecule has 0 aliphatic carbocycles. The van der Waals surface area contributed by atoms with Crippen molar-refractivity contribution in [2.45, 2.75) is 26.7 Å². The number of halogens is 1. The van der Waals surface area contributed by atoms with Gasteiger partial charge in [-0.15, -0.1) is 0 Å². The van der Waals surface area contributed by atoms with E-state index in [0.717, 1.165) is 10.7 Å². The molecule has 0 aliphatic heterocycles. The van der Waals surface area contributed by atoms with E-state index in [1.54, 1.807) is 6.20 Å². The molecule has 0 N–H and O–H groups in total. The number of rotatable bonds is 1. The summed E-state index contributed by atoms with van der Waals surface area (Å²) in [6.45, 7) is 6.28. The Hall–Kier alpha value is -0.560. The van der Waals surface area contributed by atoms with E-state index in [-0.39, 0.29) is 0 Å². The molecule has 0 aliphatic rings. The molecule has 0 fully saturated rings. The van der Waals surface area contributed by atoms with Crippen molar-refractivity contribution in [3.05, 3.63) is 28.5 Å². The summed E-state index contributed by atoms with van der Waals surface area (Å²) in [6.07, 6.45) is 1.68. The fourth-order valence-corrected chi connectivity index (χ4v) is 1.27. The second kappa shape index (κ2) is 3.22. The molecule has 0 atom stereocenters. The van der Waals surface area contributed by atoms with Gasteiger partial charge in [0.25, 0.3) is 0 Å². The van der Waals surface area contributed by atoms with Crippen LogP contribution in [0.15, 0.2) is 12.3 Å². The third kappa shape index (κ3) is 1.93. The number of nitrogens with zero attached hydrogens (tertiary/aromatic N) is 1. The number of pyridine rings is 1. The van der Waals surface area contributed by atoms with E-state index < -0.39 is 0 Å². The van der Waals surface area contributed by atoms with Gasteiger partial charge in [0.2, 0.25) is 0 Å². The molecule has 0 bridgehead atoms. The van der Waals surface area contributed by atoms with E-state index in [1.807, 2.05) is 13.0 Å². The van der Waals surface area contributed by atoms with Gasteiger partial charge in [-0.2, -0.15) is 0 Å². The van der Waals surface area contributed by atoms with Gasteiger partial charge in [0.15, 0.2) is 0 Å². The normalized spacial score (nSPS) is 10.6. The summed E-state index contributed by atoms with van der Waals surface area (Å²) in [7, 11) is 0. The second-order valence-electron chi connectivity index (χ2n) is 2.98. The van der Waals surface area contributed by atoms with Gasteiger partial charge in [0.05, 0.1) is 5.02 Å². The third-order valence-corrected chi connectivity index (χ3v) is 1.92. The number of hydrogen-bond acceptors (Lipinski definition) is 1. The third-order valence-electron chi connectivity index (χ3n) is 1.71. The smallest absolute Gasteiger partial charge is 0.0592 e. The van der Waals surface area contributed by atoms with Crippen molar-refractivity contribution in [1.82, 2.24) is 4.98 Å². The maximum atomic E-state index is 5.80. The molecule has 0 saturated heterocycles. The molecule has 0 amide bonds. The first kappa shape index (κ1) is 8.54. The monoisotopic (exact) mass is 169 g/mol. The topological polar surface area (TPSA) is 12.9 Å². The number of aryl methyl sites for hydroxylation is 1. The van der Waals surface area contributed by atoms with Crippen molar-refractivity contribution >= 4 is 11.6 Å². The van der Waals surface area contributed by atoms with Crippen LogP contribution in [0.4, 0.5) is 0 Å². The Kier molecular flexibility index (Phi) is 2.50. The Morgan fingerprint density at radius 1 is 1.45 bits per heavy atom. The van der Waals surface area contributed by atoms with E-state index >= 15 is 0 Å². The summed E-state index contributed by atoms with van der Waals surface area (Å²) < 4.78 is 0. The first-order chi connectivity index (χ1) is 5.11. The minimum absolute atomic E-state index is 0.501. The van der Waals surface area contributed by atoms with Gasteiger partial charge in [0, 0.05) is 11.9 Å². The molecule has 1 nitrogen and oxygen atoms in total. The van der Waals surface area contributed by atoms with E-state index in [9.17, 15) is 0 Å².